The molecule has 92 valence electrons. The number of ether oxygens (including phenoxy) is 1. The SMILES string of the molecule is CCOC(=O)CNC(=O)C(N=CN)C(C)C. The zero-order chi connectivity index (χ0) is 12.6. The zero-order valence-corrected chi connectivity index (χ0v) is 9.90. The molecule has 3 N–H and O–H groups in total. The fourth-order valence-corrected chi connectivity index (χ4v) is 1.11. The van der Waals surface area contributed by atoms with Gasteiger partial charge in [0.25, 0.3) is 0 Å². The Labute approximate surface area is 95.2 Å². The Hall–Kier alpha value is -1.59. The largest absolute Gasteiger partial charge is 0.465 e. The normalized spacial score (nSPS) is 12.8. The lowest BCUT2D eigenvalue weighted by Crippen LogP contribution is -2.40. The summed E-state index contributed by atoms with van der Waals surface area (Å²) in [6, 6.07) is -0.570. The van der Waals surface area contributed by atoms with E-state index in [1.165, 1.54) is 0 Å². The molecule has 0 saturated heterocycles. The molecule has 1 atom stereocenters. The molecule has 6 nitrogen and oxygen atoms in total. The van der Waals surface area contributed by atoms with Crippen LogP contribution in [-0.4, -0.2) is 37.4 Å². The van der Waals surface area contributed by atoms with Crippen molar-refractivity contribution in [1.82, 2.24) is 5.32 Å². The highest BCUT2D eigenvalue weighted by Crippen LogP contribution is 2.05. The van der Waals surface area contributed by atoms with Crippen LogP contribution in [-0.2, 0) is 14.3 Å². The van der Waals surface area contributed by atoms with Crippen molar-refractivity contribution < 1.29 is 14.3 Å². The highest BCUT2D eigenvalue weighted by molar-refractivity contribution is 5.86. The van der Waals surface area contributed by atoms with Gasteiger partial charge in [-0.2, -0.15) is 0 Å². The summed E-state index contributed by atoms with van der Waals surface area (Å²) in [6.07, 6.45) is 1.09. The third kappa shape index (κ3) is 5.33. The molecule has 6 heteroatoms. The van der Waals surface area contributed by atoms with Crippen molar-refractivity contribution in [3.63, 3.8) is 0 Å². The van der Waals surface area contributed by atoms with E-state index >= 15 is 0 Å². The van der Waals surface area contributed by atoms with Crippen molar-refractivity contribution in [3.8, 4) is 0 Å². The lowest BCUT2D eigenvalue weighted by molar-refractivity contribution is -0.143. The molecule has 0 aliphatic heterocycles. The van der Waals surface area contributed by atoms with Crippen LogP contribution in [0.15, 0.2) is 4.99 Å². The van der Waals surface area contributed by atoms with E-state index in [0.717, 1.165) is 6.34 Å². The molecule has 0 aromatic heterocycles. The maximum atomic E-state index is 11.6. The van der Waals surface area contributed by atoms with Gasteiger partial charge in [0.15, 0.2) is 0 Å². The number of hydrogen-bond acceptors (Lipinski definition) is 4. The monoisotopic (exact) mass is 229 g/mol. The minimum Gasteiger partial charge on any atom is -0.465 e. The number of amides is 1. The first kappa shape index (κ1) is 14.4. The van der Waals surface area contributed by atoms with E-state index < -0.39 is 12.0 Å². The van der Waals surface area contributed by atoms with Crippen LogP contribution in [0.2, 0.25) is 0 Å². The maximum absolute atomic E-state index is 11.6. The molecule has 0 radical (unpaired) electrons. The standard InChI is InChI=1S/C10H19N3O3/c1-4-16-8(14)5-12-10(15)9(7(2)3)13-6-11/h6-7,9H,4-5H2,1-3H3,(H2,11,13)(H,12,15). The molecule has 0 aliphatic carbocycles. The van der Waals surface area contributed by atoms with Gasteiger partial charge in [-0.15, -0.1) is 0 Å². The summed E-state index contributed by atoms with van der Waals surface area (Å²) in [4.78, 5) is 26.4. The number of hydrogen-bond donors (Lipinski definition) is 2. The number of carbonyl (C=O) groups is 2. The number of esters is 1. The third-order valence-electron chi connectivity index (χ3n) is 1.86. The summed E-state index contributed by atoms with van der Waals surface area (Å²) >= 11 is 0. The summed E-state index contributed by atoms with van der Waals surface area (Å²) in [6.45, 7) is 5.55. The first-order valence-electron chi connectivity index (χ1n) is 5.19. The van der Waals surface area contributed by atoms with Crippen LogP contribution in [0.3, 0.4) is 0 Å². The van der Waals surface area contributed by atoms with Gasteiger partial charge in [-0.3, -0.25) is 14.6 Å². The number of carbonyl (C=O) groups excluding carboxylic acids is 2. The predicted molar refractivity (Wildman–Crippen MR) is 60.9 cm³/mol. The van der Waals surface area contributed by atoms with Gasteiger partial charge in [-0.05, 0) is 12.8 Å². The highest BCUT2D eigenvalue weighted by Gasteiger charge is 2.21. The predicted octanol–water partition coefficient (Wildman–Crippen LogP) is -0.323. The highest BCUT2D eigenvalue weighted by atomic mass is 16.5. The van der Waals surface area contributed by atoms with Crippen molar-refractivity contribution in [1.29, 1.82) is 0 Å². The summed E-state index contributed by atoms with van der Waals surface area (Å²) < 4.78 is 4.68. The number of nitrogens with two attached hydrogens (primary N) is 1. The fraction of sp³-hybridized carbons (Fsp3) is 0.700. The van der Waals surface area contributed by atoms with Crippen LogP contribution in [0.25, 0.3) is 0 Å². The molecule has 0 heterocycles. The fourth-order valence-electron chi connectivity index (χ4n) is 1.11. The molecule has 0 aromatic carbocycles. The molecule has 0 aromatic rings. The van der Waals surface area contributed by atoms with Crippen molar-refractivity contribution in [2.24, 2.45) is 16.6 Å². The minimum absolute atomic E-state index is 0.0157. The van der Waals surface area contributed by atoms with Gasteiger partial charge in [-0.1, -0.05) is 13.8 Å². The van der Waals surface area contributed by atoms with Crippen LogP contribution >= 0.6 is 0 Å². The third-order valence-corrected chi connectivity index (χ3v) is 1.86. The molecule has 0 fully saturated rings. The van der Waals surface area contributed by atoms with E-state index in [4.69, 9.17) is 5.73 Å². The molecule has 0 aliphatic rings. The smallest absolute Gasteiger partial charge is 0.325 e. The first-order valence-corrected chi connectivity index (χ1v) is 5.19. The van der Waals surface area contributed by atoms with E-state index in [9.17, 15) is 9.59 Å². The number of nitrogens with zero attached hydrogens (tertiary/aromatic N) is 1. The van der Waals surface area contributed by atoms with E-state index in [1.54, 1.807) is 6.92 Å². The average Bonchev–Trinajstić information content (AvgIpc) is 2.22. The van der Waals surface area contributed by atoms with Gasteiger partial charge < -0.3 is 15.8 Å². The summed E-state index contributed by atoms with van der Waals surface area (Å²) in [5, 5.41) is 2.45. The Morgan fingerprint density at radius 2 is 2.12 bits per heavy atom. The van der Waals surface area contributed by atoms with Crippen molar-refractivity contribution in [2.45, 2.75) is 26.8 Å². The van der Waals surface area contributed by atoms with E-state index in [2.05, 4.69) is 15.0 Å². The Bertz CT molecular complexity index is 264. The maximum Gasteiger partial charge on any atom is 0.325 e. The second-order valence-electron chi connectivity index (χ2n) is 3.51. The summed E-state index contributed by atoms with van der Waals surface area (Å²) in [5.41, 5.74) is 5.15. The Morgan fingerprint density at radius 1 is 1.50 bits per heavy atom. The number of nitrogens with one attached hydrogen (secondary N) is 1. The van der Waals surface area contributed by atoms with Gasteiger partial charge in [0.1, 0.15) is 12.6 Å². The Balaban J connectivity index is 4.16. The van der Waals surface area contributed by atoms with Crippen LogP contribution in [0, 0.1) is 5.92 Å². The van der Waals surface area contributed by atoms with Gasteiger partial charge in [0.2, 0.25) is 5.91 Å². The van der Waals surface area contributed by atoms with Crippen LogP contribution in [0.5, 0.6) is 0 Å². The van der Waals surface area contributed by atoms with Gasteiger partial charge in [-0.25, -0.2) is 0 Å². The van der Waals surface area contributed by atoms with Crippen molar-refractivity contribution >= 4 is 18.2 Å². The molecule has 16 heavy (non-hydrogen) atoms. The second kappa shape index (κ2) is 7.67. The average molecular weight is 229 g/mol. The topological polar surface area (TPSA) is 93.8 Å². The first-order chi connectivity index (χ1) is 7.52. The molecule has 0 bridgehead atoms. The molecular formula is C10H19N3O3. The molecule has 0 saturated carbocycles. The minimum atomic E-state index is -0.570. The van der Waals surface area contributed by atoms with Crippen molar-refractivity contribution in [3.05, 3.63) is 0 Å². The lowest BCUT2D eigenvalue weighted by atomic mass is 10.0. The summed E-state index contributed by atoms with van der Waals surface area (Å²) in [7, 11) is 0. The van der Waals surface area contributed by atoms with Gasteiger partial charge in [0.05, 0.1) is 12.9 Å². The quantitative estimate of drug-likeness (QED) is 0.371. The van der Waals surface area contributed by atoms with Crippen molar-refractivity contribution in [2.75, 3.05) is 13.2 Å². The molecule has 1 unspecified atom stereocenters. The second-order valence-corrected chi connectivity index (χ2v) is 3.51. The number of aliphatic imine (C=N–C) groups is 1. The van der Waals surface area contributed by atoms with Gasteiger partial charge in [0, 0.05) is 0 Å². The summed E-state index contributed by atoms with van der Waals surface area (Å²) in [5.74, 6) is -0.776. The van der Waals surface area contributed by atoms with E-state index in [1.807, 2.05) is 13.8 Å². The molecule has 1 amide bonds. The van der Waals surface area contributed by atoms with Crippen LogP contribution < -0.4 is 11.1 Å². The Morgan fingerprint density at radius 3 is 2.56 bits per heavy atom. The zero-order valence-electron chi connectivity index (χ0n) is 9.90. The lowest BCUT2D eigenvalue weighted by Gasteiger charge is -2.15. The van der Waals surface area contributed by atoms with Gasteiger partial charge >= 0.3 is 5.97 Å². The van der Waals surface area contributed by atoms with Crippen LogP contribution in [0.4, 0.5) is 0 Å². The van der Waals surface area contributed by atoms with E-state index in [0.29, 0.717) is 6.61 Å². The number of rotatable bonds is 6. The molecule has 0 rings (SSSR count). The molecule has 0 spiro atoms. The molecular weight excluding hydrogens is 210 g/mol. The van der Waals surface area contributed by atoms with Crippen LogP contribution in [0.1, 0.15) is 20.8 Å². The van der Waals surface area contributed by atoms with E-state index in [-0.39, 0.29) is 18.4 Å². The Kier molecular flexibility index (Phi) is 6.91.